The third-order valence-electron chi connectivity index (χ3n) is 4.92. The van der Waals surface area contributed by atoms with Gasteiger partial charge in [0.05, 0.1) is 0 Å². The fraction of sp³-hybridized carbons (Fsp3) is 0.632. The zero-order chi connectivity index (χ0) is 22.9. The number of rotatable bonds is 4. The molecule has 30 heavy (non-hydrogen) atoms. The normalized spacial score (nSPS) is 23.2. The Morgan fingerprint density at radius 3 is 2.43 bits per heavy atom. The van der Waals surface area contributed by atoms with Gasteiger partial charge in [0, 0.05) is 25.1 Å². The van der Waals surface area contributed by atoms with Crippen LogP contribution >= 0.6 is 0 Å². The molecule has 1 aromatic carbocycles. The number of carbonyl (C=O) groups is 1. The SMILES string of the molecule is C[C@@H]1[C@@H](CO)[C@H](c2cccc(OS(=O)(=O)C(F)(F)F)c2)CCN1C(=O)OC(C)(C)C. The summed E-state index contributed by atoms with van der Waals surface area (Å²) < 4.78 is 69.9. The molecule has 11 heteroatoms. The van der Waals surface area contributed by atoms with E-state index in [2.05, 4.69) is 4.18 Å². The van der Waals surface area contributed by atoms with Gasteiger partial charge in [-0.05, 0) is 57.7 Å². The van der Waals surface area contributed by atoms with E-state index in [9.17, 15) is 31.5 Å². The van der Waals surface area contributed by atoms with Gasteiger partial charge in [-0.25, -0.2) is 4.79 Å². The molecule has 170 valence electrons. The Kier molecular flexibility index (Phi) is 6.97. The minimum absolute atomic E-state index is 0.281. The second-order valence-corrected chi connectivity index (χ2v) is 9.75. The fourth-order valence-electron chi connectivity index (χ4n) is 3.51. The minimum Gasteiger partial charge on any atom is -0.444 e. The minimum atomic E-state index is -5.78. The van der Waals surface area contributed by atoms with Gasteiger partial charge in [-0.15, -0.1) is 0 Å². The van der Waals surface area contributed by atoms with E-state index >= 15 is 0 Å². The topological polar surface area (TPSA) is 93.1 Å². The van der Waals surface area contributed by atoms with E-state index in [1.54, 1.807) is 33.8 Å². The average molecular weight is 453 g/mol. The van der Waals surface area contributed by atoms with Gasteiger partial charge < -0.3 is 18.9 Å². The Morgan fingerprint density at radius 1 is 1.27 bits per heavy atom. The van der Waals surface area contributed by atoms with E-state index < -0.39 is 45.0 Å². The number of likely N-dealkylation sites (tertiary alicyclic amines) is 1. The van der Waals surface area contributed by atoms with Crippen LogP contribution in [0.3, 0.4) is 0 Å². The van der Waals surface area contributed by atoms with Crippen LogP contribution in [0.15, 0.2) is 24.3 Å². The molecule has 2 rings (SSSR count). The van der Waals surface area contributed by atoms with E-state index in [0.29, 0.717) is 18.5 Å². The summed E-state index contributed by atoms with van der Waals surface area (Å²) in [6.07, 6.45) is -0.107. The van der Waals surface area contributed by atoms with Gasteiger partial charge in [0.1, 0.15) is 11.4 Å². The van der Waals surface area contributed by atoms with Crippen molar-refractivity contribution in [2.45, 2.75) is 57.2 Å². The van der Waals surface area contributed by atoms with E-state index in [-0.39, 0.29) is 12.5 Å². The highest BCUT2D eigenvalue weighted by Gasteiger charge is 2.48. The van der Waals surface area contributed by atoms with E-state index in [4.69, 9.17) is 4.74 Å². The summed E-state index contributed by atoms with van der Waals surface area (Å²) >= 11 is 0. The second kappa shape index (κ2) is 8.62. The molecular weight excluding hydrogens is 427 g/mol. The van der Waals surface area contributed by atoms with Crippen molar-refractivity contribution in [3.8, 4) is 5.75 Å². The summed E-state index contributed by atoms with van der Waals surface area (Å²) in [5.74, 6) is -1.22. The van der Waals surface area contributed by atoms with Crippen molar-refractivity contribution >= 4 is 16.2 Å². The van der Waals surface area contributed by atoms with Gasteiger partial charge in [0.2, 0.25) is 0 Å². The molecule has 0 radical (unpaired) electrons. The van der Waals surface area contributed by atoms with Crippen molar-refractivity contribution in [2.75, 3.05) is 13.2 Å². The Balaban J connectivity index is 2.24. The van der Waals surface area contributed by atoms with Gasteiger partial charge in [-0.2, -0.15) is 21.6 Å². The zero-order valence-corrected chi connectivity index (χ0v) is 18.0. The maximum atomic E-state index is 12.6. The van der Waals surface area contributed by atoms with Gasteiger partial charge in [0.15, 0.2) is 0 Å². The molecule has 0 spiro atoms. The van der Waals surface area contributed by atoms with E-state index in [1.165, 1.54) is 17.0 Å². The first-order chi connectivity index (χ1) is 13.7. The monoisotopic (exact) mass is 453 g/mol. The Hall–Kier alpha value is -2.01. The van der Waals surface area contributed by atoms with Crippen LogP contribution < -0.4 is 4.18 Å². The number of amides is 1. The number of ether oxygens (including phenoxy) is 1. The number of benzene rings is 1. The van der Waals surface area contributed by atoms with Crippen LogP contribution in [-0.4, -0.2) is 54.8 Å². The van der Waals surface area contributed by atoms with Crippen LogP contribution in [0.2, 0.25) is 0 Å². The molecule has 1 amide bonds. The largest absolute Gasteiger partial charge is 0.534 e. The number of hydrogen-bond acceptors (Lipinski definition) is 6. The lowest BCUT2D eigenvalue weighted by molar-refractivity contribution is -0.0500. The first kappa shape index (κ1) is 24.3. The molecule has 0 aliphatic carbocycles. The number of hydrogen-bond donors (Lipinski definition) is 1. The Bertz CT molecular complexity index is 866. The summed E-state index contributed by atoms with van der Waals surface area (Å²) in [7, 11) is -5.78. The van der Waals surface area contributed by atoms with Crippen LogP contribution in [0.1, 0.15) is 45.6 Å². The number of piperidine rings is 1. The molecule has 0 saturated carbocycles. The maximum absolute atomic E-state index is 12.6. The molecule has 7 nitrogen and oxygen atoms in total. The van der Waals surface area contributed by atoms with Gasteiger partial charge in [-0.3, -0.25) is 0 Å². The zero-order valence-electron chi connectivity index (χ0n) is 17.1. The Morgan fingerprint density at radius 2 is 1.90 bits per heavy atom. The maximum Gasteiger partial charge on any atom is 0.534 e. The molecular formula is C19H26F3NO6S. The highest BCUT2D eigenvalue weighted by Crippen LogP contribution is 2.39. The molecule has 1 fully saturated rings. The van der Waals surface area contributed by atoms with Crippen LogP contribution in [0.25, 0.3) is 0 Å². The highest BCUT2D eigenvalue weighted by atomic mass is 32.2. The molecule has 1 aromatic rings. The standard InChI is InChI=1S/C19H26F3NO6S/c1-12-16(11-24)15(8-9-23(12)17(25)28-18(2,3)4)13-6-5-7-14(10-13)29-30(26,27)19(20,21)22/h5-7,10,12,15-16,24H,8-9,11H2,1-4H3/t12-,15+,16-/m1/s1. The summed E-state index contributed by atoms with van der Waals surface area (Å²) in [5, 5.41) is 9.93. The van der Waals surface area contributed by atoms with Gasteiger partial charge in [0.25, 0.3) is 0 Å². The van der Waals surface area contributed by atoms with Crippen molar-refractivity contribution in [2.24, 2.45) is 5.92 Å². The smallest absolute Gasteiger partial charge is 0.444 e. The van der Waals surface area contributed by atoms with Crippen LogP contribution in [0, 0.1) is 5.92 Å². The van der Waals surface area contributed by atoms with Gasteiger partial charge >= 0.3 is 21.7 Å². The van der Waals surface area contributed by atoms with Crippen LogP contribution in [-0.2, 0) is 14.9 Å². The lowest BCUT2D eigenvalue weighted by atomic mass is 9.76. The molecule has 0 aromatic heterocycles. The summed E-state index contributed by atoms with van der Waals surface area (Å²) in [6, 6.07) is 4.92. The van der Waals surface area contributed by atoms with E-state index in [0.717, 1.165) is 6.07 Å². The molecule has 1 aliphatic heterocycles. The molecule has 1 aliphatic rings. The summed E-state index contributed by atoms with van der Waals surface area (Å²) in [5.41, 5.74) is -5.71. The van der Waals surface area contributed by atoms with Crippen molar-refractivity contribution in [3.05, 3.63) is 29.8 Å². The quantitative estimate of drug-likeness (QED) is 0.553. The molecule has 1 heterocycles. The number of alkyl halides is 3. The summed E-state index contributed by atoms with van der Waals surface area (Å²) in [6.45, 7) is 7.01. The fourth-order valence-corrected chi connectivity index (χ4v) is 3.96. The first-order valence-corrected chi connectivity index (χ1v) is 10.8. The Labute approximate surface area is 173 Å². The second-order valence-electron chi connectivity index (χ2n) is 8.21. The predicted molar refractivity (Wildman–Crippen MR) is 102 cm³/mol. The number of aliphatic hydroxyl groups is 1. The molecule has 0 bridgehead atoms. The number of halogens is 3. The number of carbonyl (C=O) groups excluding carboxylic acids is 1. The van der Waals surface area contributed by atoms with Crippen molar-refractivity contribution in [1.82, 2.24) is 4.90 Å². The number of nitrogens with zero attached hydrogens (tertiary/aromatic N) is 1. The van der Waals surface area contributed by atoms with Crippen LogP contribution in [0.4, 0.5) is 18.0 Å². The van der Waals surface area contributed by atoms with Crippen molar-refractivity contribution in [1.29, 1.82) is 0 Å². The molecule has 0 unspecified atom stereocenters. The van der Waals surface area contributed by atoms with Gasteiger partial charge in [-0.1, -0.05) is 12.1 Å². The molecule has 3 atom stereocenters. The molecule has 1 N–H and O–H groups in total. The van der Waals surface area contributed by atoms with E-state index in [1.807, 2.05) is 0 Å². The lowest BCUT2D eigenvalue weighted by Crippen LogP contribution is -2.52. The summed E-state index contributed by atoms with van der Waals surface area (Å²) in [4.78, 5) is 14.0. The number of aliphatic hydroxyl groups excluding tert-OH is 1. The third kappa shape index (κ3) is 5.57. The van der Waals surface area contributed by atoms with Crippen molar-refractivity contribution < 1.29 is 40.4 Å². The third-order valence-corrected chi connectivity index (χ3v) is 5.90. The predicted octanol–water partition coefficient (Wildman–Crippen LogP) is 3.64. The average Bonchev–Trinajstić information content (AvgIpc) is 2.58. The lowest BCUT2D eigenvalue weighted by Gasteiger charge is -2.43. The molecule has 1 saturated heterocycles. The highest BCUT2D eigenvalue weighted by molar-refractivity contribution is 7.88. The van der Waals surface area contributed by atoms with Crippen molar-refractivity contribution in [3.63, 3.8) is 0 Å². The first-order valence-electron chi connectivity index (χ1n) is 9.37. The van der Waals surface area contributed by atoms with Crippen LogP contribution in [0.5, 0.6) is 5.75 Å².